The van der Waals surface area contributed by atoms with Crippen molar-refractivity contribution in [2.24, 2.45) is 5.92 Å². The van der Waals surface area contributed by atoms with Crippen LogP contribution in [0.3, 0.4) is 0 Å². The van der Waals surface area contributed by atoms with Gasteiger partial charge in [0.05, 0.1) is 24.2 Å². The van der Waals surface area contributed by atoms with Gasteiger partial charge in [0, 0.05) is 39.3 Å². The van der Waals surface area contributed by atoms with Crippen LogP contribution in [0.5, 0.6) is 0 Å². The largest absolute Gasteiger partial charge is 0.383 e. The van der Waals surface area contributed by atoms with Crippen LogP contribution in [0.4, 0.5) is 0 Å². The Hall–Kier alpha value is -2.21. The monoisotopic (exact) mass is 446 g/mol. The summed E-state index contributed by atoms with van der Waals surface area (Å²) >= 11 is 0. The van der Waals surface area contributed by atoms with Crippen molar-refractivity contribution in [2.75, 3.05) is 39.9 Å². The SMILES string of the molecule is CCn1c(CN(CCOC)CC2CCCN(C3Cc4ccccc4C3)C2)nc2ccccc21. The maximum Gasteiger partial charge on any atom is 0.124 e. The number of aromatic nitrogens is 2. The molecule has 0 bridgehead atoms. The molecule has 1 aromatic heterocycles. The normalized spacial score (nSPS) is 19.5. The molecule has 1 aliphatic heterocycles. The Kier molecular flexibility index (Phi) is 7.10. The van der Waals surface area contributed by atoms with Gasteiger partial charge in [-0.05, 0) is 68.3 Å². The second kappa shape index (κ2) is 10.4. The molecule has 1 unspecified atom stereocenters. The van der Waals surface area contributed by atoms with Gasteiger partial charge in [0.15, 0.2) is 0 Å². The highest BCUT2D eigenvalue weighted by Gasteiger charge is 2.31. The third-order valence-electron chi connectivity index (χ3n) is 7.64. The fourth-order valence-corrected chi connectivity index (χ4v) is 5.99. The van der Waals surface area contributed by atoms with E-state index in [2.05, 4.69) is 69.8 Å². The van der Waals surface area contributed by atoms with Crippen LogP contribution in [-0.2, 0) is 30.7 Å². The molecule has 33 heavy (non-hydrogen) atoms. The number of methoxy groups -OCH3 is 1. The Morgan fingerprint density at radius 1 is 1.06 bits per heavy atom. The molecule has 1 atom stereocenters. The molecule has 0 saturated carbocycles. The summed E-state index contributed by atoms with van der Waals surface area (Å²) in [5.74, 6) is 1.88. The minimum atomic E-state index is 0.682. The van der Waals surface area contributed by atoms with Gasteiger partial charge < -0.3 is 9.30 Å². The molecule has 5 nitrogen and oxygen atoms in total. The Bertz CT molecular complexity index is 1040. The Balaban J connectivity index is 1.26. The molecule has 5 heteroatoms. The van der Waals surface area contributed by atoms with Crippen molar-refractivity contribution < 1.29 is 4.74 Å². The van der Waals surface area contributed by atoms with Crippen LogP contribution in [0.15, 0.2) is 48.5 Å². The Morgan fingerprint density at radius 3 is 2.58 bits per heavy atom. The zero-order valence-corrected chi connectivity index (χ0v) is 20.2. The minimum absolute atomic E-state index is 0.682. The summed E-state index contributed by atoms with van der Waals surface area (Å²) in [6, 6.07) is 18.2. The fraction of sp³-hybridized carbons (Fsp3) is 0.536. The number of fused-ring (bicyclic) bond motifs is 2. The summed E-state index contributed by atoms with van der Waals surface area (Å²) in [5.41, 5.74) is 5.46. The first kappa shape index (κ1) is 22.6. The van der Waals surface area contributed by atoms with Gasteiger partial charge in [0.25, 0.3) is 0 Å². The van der Waals surface area contributed by atoms with E-state index in [0.29, 0.717) is 12.0 Å². The number of likely N-dealkylation sites (tertiary alicyclic amines) is 1. The number of hydrogen-bond acceptors (Lipinski definition) is 4. The zero-order chi connectivity index (χ0) is 22.6. The van der Waals surface area contributed by atoms with Crippen LogP contribution < -0.4 is 0 Å². The molecule has 0 spiro atoms. The summed E-state index contributed by atoms with van der Waals surface area (Å²) in [4.78, 5) is 10.4. The molecule has 0 radical (unpaired) electrons. The minimum Gasteiger partial charge on any atom is -0.383 e. The summed E-state index contributed by atoms with van der Waals surface area (Å²) in [5, 5.41) is 0. The topological polar surface area (TPSA) is 33.5 Å². The number of benzene rings is 2. The van der Waals surface area contributed by atoms with Crippen molar-refractivity contribution in [1.82, 2.24) is 19.4 Å². The lowest BCUT2D eigenvalue weighted by Crippen LogP contribution is -2.46. The van der Waals surface area contributed by atoms with E-state index in [9.17, 15) is 0 Å². The lowest BCUT2D eigenvalue weighted by molar-refractivity contribution is 0.0830. The van der Waals surface area contributed by atoms with Crippen LogP contribution in [0, 0.1) is 5.92 Å². The molecule has 0 amide bonds. The third-order valence-corrected chi connectivity index (χ3v) is 7.64. The smallest absolute Gasteiger partial charge is 0.124 e. The van der Waals surface area contributed by atoms with Crippen molar-refractivity contribution in [3.63, 3.8) is 0 Å². The molecule has 1 aliphatic carbocycles. The molecular weight excluding hydrogens is 408 g/mol. The number of imidazole rings is 1. The quantitative estimate of drug-likeness (QED) is 0.488. The highest BCUT2D eigenvalue weighted by molar-refractivity contribution is 5.75. The lowest BCUT2D eigenvalue weighted by Gasteiger charge is -2.38. The van der Waals surface area contributed by atoms with Crippen molar-refractivity contribution in [2.45, 2.75) is 51.7 Å². The van der Waals surface area contributed by atoms with Gasteiger partial charge in [-0.15, -0.1) is 0 Å². The molecule has 0 N–H and O–H groups in total. The van der Waals surface area contributed by atoms with E-state index in [1.165, 1.54) is 50.1 Å². The zero-order valence-electron chi connectivity index (χ0n) is 20.2. The van der Waals surface area contributed by atoms with E-state index in [4.69, 9.17) is 9.72 Å². The van der Waals surface area contributed by atoms with Crippen LogP contribution in [0.2, 0.25) is 0 Å². The molecule has 3 aromatic rings. The average Bonchev–Trinajstić information content (AvgIpc) is 3.43. The number of para-hydroxylation sites is 2. The summed E-state index contributed by atoms with van der Waals surface area (Å²) < 4.78 is 7.85. The van der Waals surface area contributed by atoms with Crippen molar-refractivity contribution in [1.29, 1.82) is 0 Å². The van der Waals surface area contributed by atoms with E-state index < -0.39 is 0 Å². The molecule has 1 fully saturated rings. The average molecular weight is 447 g/mol. The summed E-state index contributed by atoms with van der Waals surface area (Å²) in [7, 11) is 1.81. The van der Waals surface area contributed by atoms with E-state index in [-0.39, 0.29) is 0 Å². The fourth-order valence-electron chi connectivity index (χ4n) is 5.99. The number of piperidine rings is 1. The Morgan fingerprint density at radius 2 is 1.82 bits per heavy atom. The predicted octanol–water partition coefficient (Wildman–Crippen LogP) is 4.38. The van der Waals surface area contributed by atoms with E-state index in [1.54, 1.807) is 18.2 Å². The van der Waals surface area contributed by atoms with E-state index >= 15 is 0 Å². The molecule has 1 saturated heterocycles. The maximum absolute atomic E-state index is 5.47. The van der Waals surface area contributed by atoms with Gasteiger partial charge in [0.1, 0.15) is 5.82 Å². The highest BCUT2D eigenvalue weighted by atomic mass is 16.5. The second-order valence-electron chi connectivity index (χ2n) is 9.82. The molecule has 176 valence electrons. The second-order valence-corrected chi connectivity index (χ2v) is 9.82. The van der Waals surface area contributed by atoms with Crippen LogP contribution in [0.1, 0.15) is 36.7 Å². The van der Waals surface area contributed by atoms with Gasteiger partial charge in [0.2, 0.25) is 0 Å². The first-order valence-corrected chi connectivity index (χ1v) is 12.7. The predicted molar refractivity (Wildman–Crippen MR) is 134 cm³/mol. The van der Waals surface area contributed by atoms with Gasteiger partial charge in [-0.25, -0.2) is 4.98 Å². The van der Waals surface area contributed by atoms with Crippen molar-refractivity contribution >= 4 is 11.0 Å². The number of nitrogens with zero attached hydrogens (tertiary/aromatic N) is 4. The third kappa shape index (κ3) is 5.01. The lowest BCUT2D eigenvalue weighted by atomic mass is 9.95. The van der Waals surface area contributed by atoms with Crippen LogP contribution in [-0.4, -0.2) is 65.3 Å². The first-order valence-electron chi connectivity index (χ1n) is 12.7. The number of ether oxygens (including phenoxy) is 1. The highest BCUT2D eigenvalue weighted by Crippen LogP contribution is 2.29. The van der Waals surface area contributed by atoms with Crippen molar-refractivity contribution in [3.8, 4) is 0 Å². The standard InChI is InChI=1S/C28H38N4O/c1-3-32-27-13-7-6-12-26(27)29-28(32)21-30(15-16-33-2)19-22-9-8-14-31(20-22)25-17-23-10-4-5-11-24(23)18-25/h4-7,10-13,22,25H,3,8-9,14-21H2,1-2H3. The van der Waals surface area contributed by atoms with Crippen LogP contribution in [0.25, 0.3) is 11.0 Å². The number of hydrogen-bond donors (Lipinski definition) is 0. The summed E-state index contributed by atoms with van der Waals surface area (Å²) in [6.07, 6.45) is 5.07. The first-order chi connectivity index (χ1) is 16.2. The van der Waals surface area contributed by atoms with E-state index in [1.807, 2.05) is 0 Å². The van der Waals surface area contributed by atoms with Gasteiger partial charge >= 0.3 is 0 Å². The molecule has 5 rings (SSSR count). The Labute approximate surface area is 198 Å². The number of rotatable bonds is 9. The number of aryl methyl sites for hydroxylation is 1. The van der Waals surface area contributed by atoms with Crippen molar-refractivity contribution in [3.05, 3.63) is 65.5 Å². The van der Waals surface area contributed by atoms with Gasteiger partial charge in [-0.2, -0.15) is 0 Å². The summed E-state index contributed by atoms with van der Waals surface area (Å²) in [6.45, 7) is 9.35. The molecule has 2 aliphatic rings. The van der Waals surface area contributed by atoms with Gasteiger partial charge in [-0.1, -0.05) is 36.4 Å². The molecule has 2 heterocycles. The van der Waals surface area contributed by atoms with Gasteiger partial charge in [-0.3, -0.25) is 9.80 Å². The molecular formula is C28H38N4O. The maximum atomic E-state index is 5.47. The van der Waals surface area contributed by atoms with E-state index in [0.717, 1.165) is 38.3 Å². The molecule has 2 aromatic carbocycles. The van der Waals surface area contributed by atoms with Crippen LogP contribution >= 0.6 is 0 Å².